The van der Waals surface area contributed by atoms with Crippen molar-refractivity contribution in [3.8, 4) is 0 Å². The highest BCUT2D eigenvalue weighted by Gasteiger charge is 2.26. The molecule has 1 rings (SSSR count). The van der Waals surface area contributed by atoms with Gasteiger partial charge in [0.1, 0.15) is 0 Å². The molecule has 2 heteroatoms. The second-order valence-electron chi connectivity index (χ2n) is 6.15. The van der Waals surface area contributed by atoms with Gasteiger partial charge in [-0.15, -0.1) is 0 Å². The number of nitrogens with zero attached hydrogens (tertiary/aromatic N) is 1. The van der Waals surface area contributed by atoms with E-state index in [1.165, 1.54) is 44.9 Å². The molecule has 0 radical (unpaired) electrons. The van der Waals surface area contributed by atoms with Crippen LogP contribution in [0, 0.1) is 11.8 Å². The summed E-state index contributed by atoms with van der Waals surface area (Å²) in [6.07, 6.45) is 9.66. The Morgan fingerprint density at radius 3 is 2.35 bits per heavy atom. The molecule has 0 amide bonds. The first-order chi connectivity index (χ1) is 8.15. The zero-order chi connectivity index (χ0) is 12.7. The maximum atomic E-state index is 9.12. The second-order valence-corrected chi connectivity index (χ2v) is 6.15. The Morgan fingerprint density at radius 2 is 1.76 bits per heavy atom. The van der Waals surface area contributed by atoms with Crippen molar-refractivity contribution in [1.82, 2.24) is 4.90 Å². The van der Waals surface area contributed by atoms with Gasteiger partial charge in [0.15, 0.2) is 0 Å². The van der Waals surface area contributed by atoms with Crippen LogP contribution in [-0.2, 0) is 0 Å². The van der Waals surface area contributed by atoms with Crippen LogP contribution in [0.5, 0.6) is 0 Å². The standard InChI is InChI=1S/C15H31NO/c1-13(2)12-14-8-6-4-5-7-9-15(14)16(3)10-11-17/h13-15,17H,4-12H2,1-3H3. The van der Waals surface area contributed by atoms with Crippen LogP contribution >= 0.6 is 0 Å². The molecule has 1 aliphatic carbocycles. The molecule has 0 saturated heterocycles. The predicted octanol–water partition coefficient (Wildman–Crippen LogP) is 3.30. The Hall–Kier alpha value is -0.0800. The van der Waals surface area contributed by atoms with E-state index >= 15 is 0 Å². The van der Waals surface area contributed by atoms with Gasteiger partial charge >= 0.3 is 0 Å². The van der Waals surface area contributed by atoms with Gasteiger partial charge in [0, 0.05) is 12.6 Å². The lowest BCUT2D eigenvalue weighted by Crippen LogP contribution is -2.40. The minimum Gasteiger partial charge on any atom is -0.395 e. The third-order valence-corrected chi connectivity index (χ3v) is 4.16. The molecule has 1 saturated carbocycles. The summed E-state index contributed by atoms with van der Waals surface area (Å²) in [4.78, 5) is 2.40. The lowest BCUT2D eigenvalue weighted by molar-refractivity contribution is 0.108. The first kappa shape index (κ1) is 15.0. The molecule has 0 aliphatic heterocycles. The minimum atomic E-state index is 0.293. The largest absolute Gasteiger partial charge is 0.395 e. The van der Waals surface area contributed by atoms with Gasteiger partial charge in [0.05, 0.1) is 6.61 Å². The van der Waals surface area contributed by atoms with Gasteiger partial charge in [0.2, 0.25) is 0 Å². The smallest absolute Gasteiger partial charge is 0.0558 e. The van der Waals surface area contributed by atoms with Gasteiger partial charge in [-0.3, -0.25) is 0 Å². The Balaban J connectivity index is 2.60. The summed E-state index contributed by atoms with van der Waals surface area (Å²) in [5.41, 5.74) is 0. The van der Waals surface area contributed by atoms with Gasteiger partial charge < -0.3 is 10.0 Å². The Bertz CT molecular complexity index is 193. The van der Waals surface area contributed by atoms with Crippen LogP contribution in [-0.4, -0.2) is 36.2 Å². The van der Waals surface area contributed by atoms with E-state index in [1.54, 1.807) is 0 Å². The number of hydrogen-bond acceptors (Lipinski definition) is 2. The van der Waals surface area contributed by atoms with Crippen LogP contribution in [0.2, 0.25) is 0 Å². The van der Waals surface area contributed by atoms with Crippen molar-refractivity contribution >= 4 is 0 Å². The van der Waals surface area contributed by atoms with E-state index in [4.69, 9.17) is 5.11 Å². The summed E-state index contributed by atoms with van der Waals surface area (Å²) in [7, 11) is 2.19. The lowest BCUT2D eigenvalue weighted by Gasteiger charge is -2.37. The zero-order valence-corrected chi connectivity index (χ0v) is 12.0. The summed E-state index contributed by atoms with van der Waals surface area (Å²) in [6.45, 7) is 5.80. The van der Waals surface area contributed by atoms with Crippen molar-refractivity contribution in [3.63, 3.8) is 0 Å². The molecule has 1 aliphatic rings. The summed E-state index contributed by atoms with van der Waals surface area (Å²) < 4.78 is 0. The van der Waals surface area contributed by atoms with Crippen LogP contribution < -0.4 is 0 Å². The molecular weight excluding hydrogens is 210 g/mol. The van der Waals surface area contributed by atoms with Crippen molar-refractivity contribution in [2.75, 3.05) is 20.2 Å². The molecule has 102 valence electrons. The van der Waals surface area contributed by atoms with Crippen LogP contribution in [0.3, 0.4) is 0 Å². The topological polar surface area (TPSA) is 23.5 Å². The Kier molecular flexibility index (Phi) is 7.14. The maximum absolute atomic E-state index is 9.12. The maximum Gasteiger partial charge on any atom is 0.0558 e. The fraction of sp³-hybridized carbons (Fsp3) is 1.00. The van der Waals surface area contributed by atoms with Crippen LogP contribution in [0.25, 0.3) is 0 Å². The average Bonchev–Trinajstić information content (AvgIpc) is 2.22. The van der Waals surface area contributed by atoms with Gasteiger partial charge in [-0.2, -0.15) is 0 Å². The van der Waals surface area contributed by atoms with Gasteiger partial charge in [-0.05, 0) is 38.1 Å². The number of hydrogen-bond donors (Lipinski definition) is 1. The lowest BCUT2D eigenvalue weighted by atomic mass is 9.81. The Morgan fingerprint density at radius 1 is 1.12 bits per heavy atom. The molecule has 0 aromatic carbocycles. The third kappa shape index (κ3) is 5.39. The zero-order valence-electron chi connectivity index (χ0n) is 12.0. The molecule has 0 aromatic heterocycles. The second kappa shape index (κ2) is 8.10. The molecule has 2 nitrogen and oxygen atoms in total. The first-order valence-corrected chi connectivity index (χ1v) is 7.46. The van der Waals surface area contributed by atoms with Crippen molar-refractivity contribution in [1.29, 1.82) is 0 Å². The highest BCUT2D eigenvalue weighted by molar-refractivity contribution is 4.80. The first-order valence-electron chi connectivity index (χ1n) is 7.46. The van der Waals surface area contributed by atoms with Crippen LogP contribution in [0.4, 0.5) is 0 Å². The molecular formula is C15H31NO. The average molecular weight is 241 g/mol. The molecule has 1 fully saturated rings. The molecule has 2 unspecified atom stereocenters. The van der Waals surface area contributed by atoms with E-state index in [2.05, 4.69) is 25.8 Å². The minimum absolute atomic E-state index is 0.293. The van der Waals surface area contributed by atoms with E-state index in [1.807, 2.05) is 0 Å². The van der Waals surface area contributed by atoms with Crippen molar-refractivity contribution in [3.05, 3.63) is 0 Å². The summed E-state index contributed by atoms with van der Waals surface area (Å²) >= 11 is 0. The molecule has 1 N–H and O–H groups in total. The van der Waals surface area contributed by atoms with Crippen molar-refractivity contribution < 1.29 is 5.11 Å². The van der Waals surface area contributed by atoms with Crippen molar-refractivity contribution in [2.45, 2.75) is 64.8 Å². The van der Waals surface area contributed by atoms with E-state index in [0.29, 0.717) is 12.6 Å². The number of likely N-dealkylation sites (N-methyl/N-ethyl adjacent to an activating group) is 1. The third-order valence-electron chi connectivity index (χ3n) is 4.16. The van der Waals surface area contributed by atoms with E-state index in [9.17, 15) is 0 Å². The molecule has 0 aromatic rings. The molecule has 17 heavy (non-hydrogen) atoms. The highest BCUT2D eigenvalue weighted by Crippen LogP contribution is 2.30. The molecule has 0 bridgehead atoms. The normalized spacial score (nSPS) is 27.2. The molecule has 2 atom stereocenters. The fourth-order valence-corrected chi connectivity index (χ4v) is 3.33. The van der Waals surface area contributed by atoms with E-state index in [-0.39, 0.29) is 0 Å². The van der Waals surface area contributed by atoms with Gasteiger partial charge in [-0.25, -0.2) is 0 Å². The van der Waals surface area contributed by atoms with Crippen LogP contribution in [0.15, 0.2) is 0 Å². The monoisotopic (exact) mass is 241 g/mol. The molecule has 0 spiro atoms. The SMILES string of the molecule is CC(C)CC1CCCCCCC1N(C)CCO. The predicted molar refractivity (Wildman–Crippen MR) is 74.2 cm³/mol. The van der Waals surface area contributed by atoms with Gasteiger partial charge in [0.25, 0.3) is 0 Å². The van der Waals surface area contributed by atoms with Crippen molar-refractivity contribution in [2.24, 2.45) is 11.8 Å². The number of aliphatic hydroxyl groups is 1. The van der Waals surface area contributed by atoms with E-state index in [0.717, 1.165) is 18.4 Å². The van der Waals surface area contributed by atoms with Crippen LogP contribution in [0.1, 0.15) is 58.8 Å². The Labute approximate surface area is 107 Å². The quantitative estimate of drug-likeness (QED) is 0.798. The van der Waals surface area contributed by atoms with Gasteiger partial charge in [-0.1, -0.05) is 39.5 Å². The summed E-state index contributed by atoms with van der Waals surface area (Å²) in [5.74, 6) is 1.64. The fourth-order valence-electron chi connectivity index (χ4n) is 3.33. The van der Waals surface area contributed by atoms with E-state index < -0.39 is 0 Å². The number of rotatable bonds is 5. The molecule has 0 heterocycles. The highest BCUT2D eigenvalue weighted by atomic mass is 16.3. The number of aliphatic hydroxyl groups excluding tert-OH is 1. The summed E-state index contributed by atoms with van der Waals surface area (Å²) in [5, 5.41) is 9.12. The summed E-state index contributed by atoms with van der Waals surface area (Å²) in [6, 6.07) is 0.699.